The summed E-state index contributed by atoms with van der Waals surface area (Å²) in [6.07, 6.45) is 0. The number of nitrogen functional groups attached to an aromatic ring is 1. The summed E-state index contributed by atoms with van der Waals surface area (Å²) in [7, 11) is -2.55. The van der Waals surface area contributed by atoms with Gasteiger partial charge in [-0.1, -0.05) is 0 Å². The van der Waals surface area contributed by atoms with Crippen molar-refractivity contribution in [1.82, 2.24) is 4.31 Å². The topological polar surface area (TPSA) is 87.2 Å². The molecule has 5 nitrogen and oxygen atoms in total. The zero-order chi connectivity index (χ0) is 13.9. The number of rotatable bonds is 4. The zero-order valence-electron chi connectivity index (χ0n) is 10.1. The Bertz CT molecular complexity index is 580. The van der Waals surface area contributed by atoms with Crippen LogP contribution in [0.15, 0.2) is 23.1 Å². The molecule has 0 aliphatic carbocycles. The summed E-state index contributed by atoms with van der Waals surface area (Å²) in [5.74, 6) is -1.14. The lowest BCUT2D eigenvalue weighted by molar-refractivity contribution is 0.439. The van der Waals surface area contributed by atoms with Crippen molar-refractivity contribution >= 4 is 15.7 Å². The third-order valence-electron chi connectivity index (χ3n) is 2.42. The number of hydrogen-bond donors (Lipinski definition) is 1. The van der Waals surface area contributed by atoms with E-state index in [0.29, 0.717) is 0 Å². The van der Waals surface area contributed by atoms with E-state index in [0.717, 1.165) is 16.4 Å². The molecule has 0 radical (unpaired) electrons. The van der Waals surface area contributed by atoms with Crippen molar-refractivity contribution in [3.05, 3.63) is 24.0 Å². The minimum absolute atomic E-state index is 0.0205. The van der Waals surface area contributed by atoms with Crippen molar-refractivity contribution in [2.45, 2.75) is 11.8 Å². The number of halogens is 1. The molecular weight excluding hydrogens is 257 g/mol. The van der Waals surface area contributed by atoms with Crippen LogP contribution in [0.4, 0.5) is 10.1 Å². The molecule has 2 N–H and O–H groups in total. The van der Waals surface area contributed by atoms with Crippen molar-refractivity contribution in [1.29, 1.82) is 5.26 Å². The molecule has 0 aliphatic rings. The van der Waals surface area contributed by atoms with Gasteiger partial charge in [-0.3, -0.25) is 0 Å². The summed E-state index contributed by atoms with van der Waals surface area (Å²) in [5, 5.41) is 8.66. The fourth-order valence-corrected chi connectivity index (χ4v) is 2.81. The molecule has 1 aromatic rings. The van der Waals surface area contributed by atoms with Crippen molar-refractivity contribution < 1.29 is 12.8 Å². The number of nitrogens with zero attached hydrogens (tertiary/aromatic N) is 2. The van der Waals surface area contributed by atoms with Gasteiger partial charge in [-0.15, -0.1) is 0 Å². The predicted molar refractivity (Wildman–Crippen MR) is 65.4 cm³/mol. The highest BCUT2D eigenvalue weighted by Gasteiger charge is 2.25. The maximum absolute atomic E-state index is 13.1. The van der Waals surface area contributed by atoms with Crippen LogP contribution in [0, 0.1) is 23.1 Å². The van der Waals surface area contributed by atoms with E-state index in [1.165, 1.54) is 13.1 Å². The average Bonchev–Trinajstić information content (AvgIpc) is 2.31. The first-order chi connectivity index (χ1) is 8.28. The molecule has 1 aromatic carbocycles. The second-order valence-electron chi connectivity index (χ2n) is 4.00. The van der Waals surface area contributed by atoms with Gasteiger partial charge < -0.3 is 5.73 Å². The van der Waals surface area contributed by atoms with Crippen LogP contribution in [0.25, 0.3) is 0 Å². The van der Waals surface area contributed by atoms with Gasteiger partial charge in [-0.2, -0.15) is 9.57 Å². The summed E-state index contributed by atoms with van der Waals surface area (Å²) in [6.45, 7) is 1.62. The van der Waals surface area contributed by atoms with Gasteiger partial charge in [0, 0.05) is 13.6 Å². The molecule has 1 unspecified atom stereocenters. The molecule has 1 atom stereocenters. The Balaban J connectivity index is 3.14. The monoisotopic (exact) mass is 271 g/mol. The first-order valence-corrected chi connectivity index (χ1v) is 6.64. The van der Waals surface area contributed by atoms with Gasteiger partial charge in [0.05, 0.1) is 17.7 Å². The van der Waals surface area contributed by atoms with Crippen LogP contribution >= 0.6 is 0 Å². The highest BCUT2D eigenvalue weighted by atomic mass is 32.2. The first-order valence-electron chi connectivity index (χ1n) is 5.20. The van der Waals surface area contributed by atoms with E-state index in [2.05, 4.69) is 0 Å². The molecule has 0 heterocycles. The summed E-state index contributed by atoms with van der Waals surface area (Å²) in [4.78, 5) is -0.282. The van der Waals surface area contributed by atoms with Crippen molar-refractivity contribution in [2.75, 3.05) is 19.3 Å². The highest BCUT2D eigenvalue weighted by molar-refractivity contribution is 7.89. The second kappa shape index (κ2) is 5.33. The smallest absolute Gasteiger partial charge is 0.245 e. The number of sulfonamides is 1. The molecule has 1 rings (SSSR count). The number of nitrogens with two attached hydrogens (primary N) is 1. The standard InChI is InChI=1S/C11H14FN3O2S/c1-8(6-13)7-15(2)18(16,17)11-5-9(12)3-4-10(11)14/h3-5,8H,7,14H2,1-2H3. The molecule has 0 fully saturated rings. The molecule has 0 aromatic heterocycles. The third kappa shape index (κ3) is 2.97. The lowest BCUT2D eigenvalue weighted by Gasteiger charge is -2.19. The quantitative estimate of drug-likeness (QED) is 0.833. The molecule has 18 heavy (non-hydrogen) atoms. The van der Waals surface area contributed by atoms with Crippen molar-refractivity contribution in [3.63, 3.8) is 0 Å². The Labute approximate surface area is 106 Å². The van der Waals surface area contributed by atoms with Crippen LogP contribution in [0.1, 0.15) is 6.92 Å². The number of hydrogen-bond acceptors (Lipinski definition) is 4. The molecule has 7 heteroatoms. The number of benzene rings is 1. The summed E-state index contributed by atoms with van der Waals surface area (Å²) in [6, 6.07) is 5.09. The van der Waals surface area contributed by atoms with Gasteiger partial charge in [0.25, 0.3) is 0 Å². The molecule has 0 saturated carbocycles. The third-order valence-corrected chi connectivity index (χ3v) is 4.29. The average molecular weight is 271 g/mol. The first kappa shape index (κ1) is 14.4. The fourth-order valence-electron chi connectivity index (χ4n) is 1.42. The summed E-state index contributed by atoms with van der Waals surface area (Å²) in [5.41, 5.74) is 5.52. The van der Waals surface area contributed by atoms with Gasteiger partial charge >= 0.3 is 0 Å². The van der Waals surface area contributed by atoms with Crippen LogP contribution in [0.5, 0.6) is 0 Å². The van der Waals surface area contributed by atoms with Gasteiger partial charge in [-0.25, -0.2) is 12.8 Å². The van der Waals surface area contributed by atoms with Crippen LogP contribution < -0.4 is 5.73 Å². The Morgan fingerprint density at radius 2 is 2.17 bits per heavy atom. The van der Waals surface area contributed by atoms with Gasteiger partial charge in [-0.05, 0) is 25.1 Å². The van der Waals surface area contributed by atoms with E-state index in [-0.39, 0.29) is 17.1 Å². The summed E-state index contributed by atoms with van der Waals surface area (Å²) >= 11 is 0. The van der Waals surface area contributed by atoms with Crippen LogP contribution in [0.3, 0.4) is 0 Å². The summed E-state index contributed by atoms with van der Waals surface area (Å²) < 4.78 is 38.3. The molecule has 0 aliphatic heterocycles. The molecule has 0 spiro atoms. The maximum atomic E-state index is 13.1. The molecule has 0 saturated heterocycles. The maximum Gasteiger partial charge on any atom is 0.245 e. The molecular formula is C11H14FN3O2S. The number of nitriles is 1. The van der Waals surface area contributed by atoms with Gasteiger partial charge in [0.1, 0.15) is 10.7 Å². The Morgan fingerprint density at radius 1 is 1.56 bits per heavy atom. The normalized spacial score (nSPS) is 13.3. The minimum Gasteiger partial charge on any atom is -0.398 e. The zero-order valence-corrected chi connectivity index (χ0v) is 10.9. The van der Waals surface area contributed by atoms with Gasteiger partial charge in [0.2, 0.25) is 10.0 Å². The van der Waals surface area contributed by atoms with Crippen molar-refractivity contribution in [3.8, 4) is 6.07 Å². The van der Waals surface area contributed by atoms with E-state index in [4.69, 9.17) is 11.0 Å². The van der Waals surface area contributed by atoms with E-state index in [1.807, 2.05) is 6.07 Å². The molecule has 0 amide bonds. The SMILES string of the molecule is CC(C#N)CN(C)S(=O)(=O)c1cc(F)ccc1N. The number of anilines is 1. The van der Waals surface area contributed by atoms with E-state index >= 15 is 0 Å². The van der Waals surface area contributed by atoms with E-state index in [9.17, 15) is 12.8 Å². The predicted octanol–water partition coefficient (Wildman–Crippen LogP) is 1.19. The van der Waals surface area contributed by atoms with E-state index < -0.39 is 21.8 Å². The van der Waals surface area contributed by atoms with Gasteiger partial charge in [0.15, 0.2) is 0 Å². The van der Waals surface area contributed by atoms with Crippen LogP contribution in [-0.2, 0) is 10.0 Å². The lowest BCUT2D eigenvalue weighted by atomic mass is 10.2. The van der Waals surface area contributed by atoms with Crippen LogP contribution in [-0.4, -0.2) is 26.3 Å². The lowest BCUT2D eigenvalue weighted by Crippen LogP contribution is -2.31. The fraction of sp³-hybridized carbons (Fsp3) is 0.364. The van der Waals surface area contributed by atoms with Crippen LogP contribution in [0.2, 0.25) is 0 Å². The largest absolute Gasteiger partial charge is 0.398 e. The Kier molecular flexibility index (Phi) is 4.27. The minimum atomic E-state index is -3.88. The second-order valence-corrected chi connectivity index (χ2v) is 6.01. The molecule has 98 valence electrons. The Morgan fingerprint density at radius 3 is 2.72 bits per heavy atom. The molecule has 0 bridgehead atoms. The van der Waals surface area contributed by atoms with Crippen molar-refractivity contribution in [2.24, 2.45) is 5.92 Å². The van der Waals surface area contributed by atoms with E-state index in [1.54, 1.807) is 6.92 Å². The Hall–Kier alpha value is -1.65. The highest BCUT2D eigenvalue weighted by Crippen LogP contribution is 2.22.